The third-order valence-corrected chi connectivity index (χ3v) is 6.19. The molecule has 0 bridgehead atoms. The Hall–Kier alpha value is -3.16. The Bertz CT molecular complexity index is 1030. The molecule has 5 N–H and O–H groups in total. The van der Waals surface area contributed by atoms with E-state index in [1.165, 1.54) is 0 Å². The Morgan fingerprint density at radius 1 is 1.13 bits per heavy atom. The summed E-state index contributed by atoms with van der Waals surface area (Å²) in [6.45, 7) is 6.04. The number of nitrogens with zero attached hydrogens (tertiary/aromatic N) is 4. The smallest absolute Gasteiger partial charge is 0.292 e. The van der Waals surface area contributed by atoms with Gasteiger partial charge in [0.1, 0.15) is 5.82 Å². The number of hydrogen-bond acceptors (Lipinski definition) is 5. The number of hydrogen-bond donors (Lipinski definition) is 3. The van der Waals surface area contributed by atoms with E-state index in [4.69, 9.17) is 16.5 Å². The Morgan fingerprint density at radius 3 is 2.55 bits per heavy atom. The quantitative estimate of drug-likeness (QED) is 0.396. The number of fused-ring (bicyclic) bond motifs is 1. The predicted molar refractivity (Wildman–Crippen MR) is 124 cm³/mol. The van der Waals surface area contributed by atoms with E-state index < -0.39 is 0 Å². The molecule has 0 spiro atoms. The highest BCUT2D eigenvalue weighted by Crippen LogP contribution is 2.29. The first kappa shape index (κ1) is 21.1. The lowest BCUT2D eigenvalue weighted by Crippen LogP contribution is -2.41. The average Bonchev–Trinajstić information content (AvgIpc) is 3.06. The van der Waals surface area contributed by atoms with Gasteiger partial charge in [0, 0.05) is 17.5 Å². The summed E-state index contributed by atoms with van der Waals surface area (Å²) in [5, 5.41) is 4.45. The third-order valence-electron chi connectivity index (χ3n) is 6.19. The maximum atomic E-state index is 13.3. The second-order valence-electron chi connectivity index (χ2n) is 8.65. The lowest BCUT2D eigenvalue weighted by molar-refractivity contribution is 0.0697. The van der Waals surface area contributed by atoms with Crippen molar-refractivity contribution < 1.29 is 4.79 Å². The highest BCUT2D eigenvalue weighted by molar-refractivity contribution is 5.97. The standard InChI is InChI=1S/C23H31N7O/c1-13-8-11-17-16(12-13)20(27-18-6-4-5-7-19(18)28-23(24)25)29-21(26-17)22(31)30-14(2)9-10-15(30)3/h8-12,14-15,18-19H,4-7H2,1-3H3,(H4,24,25,28)(H,26,27,29). The van der Waals surface area contributed by atoms with Gasteiger partial charge in [-0.15, -0.1) is 0 Å². The molecule has 1 aromatic carbocycles. The molecule has 2 aromatic rings. The molecule has 8 heteroatoms. The fourth-order valence-corrected chi connectivity index (χ4v) is 4.61. The molecule has 1 fully saturated rings. The minimum atomic E-state index is -0.167. The van der Waals surface area contributed by atoms with E-state index in [0.717, 1.165) is 42.1 Å². The predicted octanol–water partition coefficient (Wildman–Crippen LogP) is 2.72. The molecule has 2 aliphatic rings. The summed E-state index contributed by atoms with van der Waals surface area (Å²) in [5.74, 6) is 0.796. The topological polar surface area (TPSA) is 123 Å². The third kappa shape index (κ3) is 4.33. The van der Waals surface area contributed by atoms with Gasteiger partial charge in [0.05, 0.1) is 17.6 Å². The van der Waals surface area contributed by atoms with E-state index in [1.54, 1.807) is 0 Å². The van der Waals surface area contributed by atoms with Crippen LogP contribution < -0.4 is 16.8 Å². The summed E-state index contributed by atoms with van der Waals surface area (Å²) in [5.41, 5.74) is 13.2. The van der Waals surface area contributed by atoms with Crippen LogP contribution in [0.4, 0.5) is 5.82 Å². The van der Waals surface area contributed by atoms with Crippen LogP contribution >= 0.6 is 0 Å². The Balaban J connectivity index is 1.73. The SMILES string of the molecule is Cc1ccc2nc(C(=O)N3C(C)C=CC3C)nc(NC3CCCCC3N=C(N)N)c2c1. The van der Waals surface area contributed by atoms with Crippen molar-refractivity contribution >= 4 is 28.6 Å². The molecular formula is C23H31N7O. The van der Waals surface area contributed by atoms with Crippen LogP contribution in [-0.2, 0) is 0 Å². The number of benzene rings is 1. The first-order chi connectivity index (χ1) is 14.8. The number of nitrogens with one attached hydrogen (secondary N) is 1. The van der Waals surface area contributed by atoms with Crippen LogP contribution in [0.15, 0.2) is 35.3 Å². The number of carbonyl (C=O) groups is 1. The van der Waals surface area contributed by atoms with E-state index in [2.05, 4.69) is 15.3 Å². The second kappa shape index (κ2) is 8.53. The molecule has 4 atom stereocenters. The number of nitrogens with two attached hydrogens (primary N) is 2. The number of aryl methyl sites for hydroxylation is 1. The Kier molecular flexibility index (Phi) is 5.80. The van der Waals surface area contributed by atoms with Gasteiger partial charge in [0.25, 0.3) is 5.91 Å². The number of anilines is 1. The average molecular weight is 422 g/mol. The maximum Gasteiger partial charge on any atom is 0.292 e. The van der Waals surface area contributed by atoms with Crippen molar-refractivity contribution in [1.29, 1.82) is 0 Å². The fraction of sp³-hybridized carbons (Fsp3) is 0.478. The van der Waals surface area contributed by atoms with Crippen molar-refractivity contribution in [2.45, 2.75) is 70.6 Å². The fourth-order valence-electron chi connectivity index (χ4n) is 4.61. The van der Waals surface area contributed by atoms with Crippen molar-refractivity contribution in [2.75, 3.05) is 5.32 Å². The summed E-state index contributed by atoms with van der Waals surface area (Å²) in [7, 11) is 0. The monoisotopic (exact) mass is 421 g/mol. The summed E-state index contributed by atoms with van der Waals surface area (Å²) in [4.78, 5) is 28.9. The van der Waals surface area contributed by atoms with Crippen LogP contribution in [0.25, 0.3) is 10.9 Å². The molecule has 0 radical (unpaired) electrons. The lowest BCUT2D eigenvalue weighted by Gasteiger charge is -2.30. The van der Waals surface area contributed by atoms with Crippen molar-refractivity contribution in [3.8, 4) is 0 Å². The number of rotatable bonds is 4. The molecule has 1 aliphatic heterocycles. The van der Waals surface area contributed by atoms with Gasteiger partial charge in [-0.05, 0) is 45.7 Å². The number of guanidine groups is 1. The largest absolute Gasteiger partial charge is 0.370 e. The zero-order valence-corrected chi connectivity index (χ0v) is 18.4. The number of aromatic nitrogens is 2. The van der Waals surface area contributed by atoms with Crippen molar-refractivity contribution in [2.24, 2.45) is 16.5 Å². The van der Waals surface area contributed by atoms with Gasteiger partial charge < -0.3 is 21.7 Å². The number of amides is 1. The van der Waals surface area contributed by atoms with E-state index in [1.807, 2.05) is 56.0 Å². The van der Waals surface area contributed by atoms with Crippen LogP contribution in [0.5, 0.6) is 0 Å². The Labute approximate surface area is 182 Å². The molecule has 1 amide bonds. The minimum Gasteiger partial charge on any atom is -0.370 e. The summed E-state index contributed by atoms with van der Waals surface area (Å²) >= 11 is 0. The van der Waals surface area contributed by atoms with Gasteiger partial charge in [0.2, 0.25) is 5.82 Å². The van der Waals surface area contributed by atoms with E-state index in [-0.39, 0.29) is 41.9 Å². The molecule has 1 aliphatic carbocycles. The molecule has 31 heavy (non-hydrogen) atoms. The summed E-state index contributed by atoms with van der Waals surface area (Å²) in [6.07, 6.45) is 8.10. The van der Waals surface area contributed by atoms with Crippen molar-refractivity contribution in [3.63, 3.8) is 0 Å². The van der Waals surface area contributed by atoms with Crippen molar-refractivity contribution in [3.05, 3.63) is 41.7 Å². The maximum absolute atomic E-state index is 13.3. The summed E-state index contributed by atoms with van der Waals surface area (Å²) < 4.78 is 0. The van der Waals surface area contributed by atoms with Crippen LogP contribution in [-0.4, -0.2) is 50.9 Å². The van der Waals surface area contributed by atoms with Crippen LogP contribution in [0.1, 0.15) is 55.7 Å². The zero-order chi connectivity index (χ0) is 22.1. The van der Waals surface area contributed by atoms with Crippen LogP contribution in [0, 0.1) is 6.92 Å². The molecule has 0 saturated heterocycles. The first-order valence-corrected chi connectivity index (χ1v) is 11.0. The van der Waals surface area contributed by atoms with Gasteiger partial charge >= 0.3 is 0 Å². The molecule has 1 aromatic heterocycles. The molecule has 2 heterocycles. The second-order valence-corrected chi connectivity index (χ2v) is 8.65. The highest BCUT2D eigenvalue weighted by Gasteiger charge is 2.31. The first-order valence-electron chi connectivity index (χ1n) is 11.0. The van der Waals surface area contributed by atoms with Crippen LogP contribution in [0.3, 0.4) is 0 Å². The van der Waals surface area contributed by atoms with E-state index in [9.17, 15) is 4.79 Å². The van der Waals surface area contributed by atoms with Gasteiger partial charge in [-0.25, -0.2) is 15.0 Å². The number of aliphatic imine (C=N–C) groups is 1. The van der Waals surface area contributed by atoms with E-state index in [0.29, 0.717) is 5.82 Å². The molecular weight excluding hydrogens is 390 g/mol. The minimum absolute atomic E-state index is 0.0146. The lowest BCUT2D eigenvalue weighted by atomic mass is 9.90. The molecule has 4 unspecified atom stereocenters. The molecule has 164 valence electrons. The van der Waals surface area contributed by atoms with Gasteiger partial charge in [-0.1, -0.05) is 36.6 Å². The molecule has 8 nitrogen and oxygen atoms in total. The molecule has 4 rings (SSSR count). The van der Waals surface area contributed by atoms with Gasteiger partial charge in [-0.3, -0.25) is 4.79 Å². The summed E-state index contributed by atoms with van der Waals surface area (Å²) in [6, 6.07) is 6.05. The van der Waals surface area contributed by atoms with Gasteiger partial charge in [-0.2, -0.15) is 0 Å². The molecule has 1 saturated carbocycles. The number of carbonyl (C=O) groups excluding carboxylic acids is 1. The van der Waals surface area contributed by atoms with E-state index >= 15 is 0 Å². The highest BCUT2D eigenvalue weighted by atomic mass is 16.2. The van der Waals surface area contributed by atoms with Crippen molar-refractivity contribution in [1.82, 2.24) is 14.9 Å². The zero-order valence-electron chi connectivity index (χ0n) is 18.4. The van der Waals surface area contributed by atoms with Gasteiger partial charge in [0.15, 0.2) is 5.96 Å². The van der Waals surface area contributed by atoms with Crippen LogP contribution in [0.2, 0.25) is 0 Å². The Morgan fingerprint density at radius 2 is 1.84 bits per heavy atom. The normalized spacial score (nSPS) is 25.6.